The van der Waals surface area contributed by atoms with Gasteiger partial charge in [-0.25, -0.2) is 0 Å². The van der Waals surface area contributed by atoms with Gasteiger partial charge in [0.15, 0.2) is 5.78 Å². The maximum Gasteiger partial charge on any atom is 0.189 e. The smallest absolute Gasteiger partial charge is 0.189 e. The number of benzene rings is 2. The van der Waals surface area contributed by atoms with E-state index < -0.39 is 0 Å². The van der Waals surface area contributed by atoms with Crippen LogP contribution in [0.3, 0.4) is 0 Å². The zero-order valence-electron chi connectivity index (χ0n) is 14.7. The first-order valence-corrected chi connectivity index (χ1v) is 9.42. The minimum atomic E-state index is -0.168. The molecule has 0 aliphatic heterocycles. The Balaban J connectivity index is 1.82. The van der Waals surface area contributed by atoms with Gasteiger partial charge < -0.3 is 0 Å². The predicted molar refractivity (Wildman–Crippen MR) is 105 cm³/mol. The number of hydrogen-bond acceptors (Lipinski definition) is 3. The molecule has 3 rings (SSSR count). The first kappa shape index (κ1) is 17.6. The normalized spacial score (nSPS) is 12.3. The number of aryl methyl sites for hydroxylation is 1. The second-order valence-electron chi connectivity index (χ2n) is 6.40. The maximum absolute atomic E-state index is 12.9. The zero-order chi connectivity index (χ0) is 17.6. The number of Topliss-reactive ketones (excluding diaryl/α,β-unsaturated/α-hetero) is 1. The monoisotopic (exact) mass is 349 g/mol. The molecule has 0 N–H and O–H groups in total. The van der Waals surface area contributed by atoms with Crippen molar-refractivity contribution in [2.75, 3.05) is 0 Å². The topological polar surface area (TPSA) is 20.3 Å². The van der Waals surface area contributed by atoms with Crippen LogP contribution in [0.1, 0.15) is 33.3 Å². The second-order valence-corrected chi connectivity index (χ2v) is 7.32. The van der Waals surface area contributed by atoms with Crippen molar-refractivity contribution in [2.45, 2.75) is 33.0 Å². The molecule has 0 spiro atoms. The summed E-state index contributed by atoms with van der Waals surface area (Å²) in [5.74, 6) is 0.199. The van der Waals surface area contributed by atoms with Crippen LogP contribution in [0.2, 0.25) is 0 Å². The number of carbonyl (C=O) groups is 1. The third kappa shape index (κ3) is 4.65. The van der Waals surface area contributed by atoms with Gasteiger partial charge in [-0.2, -0.15) is 0 Å². The van der Waals surface area contributed by atoms with E-state index in [9.17, 15) is 4.79 Å². The first-order valence-electron chi connectivity index (χ1n) is 8.55. The third-order valence-electron chi connectivity index (χ3n) is 4.36. The summed E-state index contributed by atoms with van der Waals surface area (Å²) in [6.45, 7) is 5.56. The van der Waals surface area contributed by atoms with Crippen molar-refractivity contribution >= 4 is 17.1 Å². The van der Waals surface area contributed by atoms with E-state index in [-0.39, 0.29) is 11.8 Å². The molecule has 0 amide bonds. The third-order valence-corrected chi connectivity index (χ3v) is 5.42. The number of rotatable bonds is 7. The van der Waals surface area contributed by atoms with Crippen LogP contribution in [0.15, 0.2) is 72.1 Å². The molecule has 0 saturated carbocycles. The molecule has 3 heteroatoms. The quantitative estimate of drug-likeness (QED) is 0.537. The molecule has 0 radical (unpaired) electrons. The molecular weight excluding hydrogens is 326 g/mol. The van der Waals surface area contributed by atoms with Crippen molar-refractivity contribution in [1.82, 2.24) is 4.90 Å². The van der Waals surface area contributed by atoms with Gasteiger partial charge in [0, 0.05) is 13.1 Å². The molecule has 1 heterocycles. The number of ketones is 1. The van der Waals surface area contributed by atoms with Gasteiger partial charge in [-0.1, -0.05) is 60.7 Å². The Kier molecular flexibility index (Phi) is 5.79. The Morgan fingerprint density at radius 3 is 1.92 bits per heavy atom. The molecule has 0 bridgehead atoms. The minimum Gasteiger partial charge on any atom is -0.291 e. The van der Waals surface area contributed by atoms with E-state index in [1.807, 2.05) is 61.7 Å². The highest BCUT2D eigenvalue weighted by molar-refractivity contribution is 7.12. The molecule has 25 heavy (non-hydrogen) atoms. The molecular formula is C22H23NOS. The van der Waals surface area contributed by atoms with E-state index in [0.717, 1.165) is 23.5 Å². The molecule has 1 aromatic heterocycles. The van der Waals surface area contributed by atoms with Crippen LogP contribution in [-0.2, 0) is 13.1 Å². The van der Waals surface area contributed by atoms with Crippen molar-refractivity contribution in [2.24, 2.45) is 0 Å². The van der Waals surface area contributed by atoms with E-state index >= 15 is 0 Å². The summed E-state index contributed by atoms with van der Waals surface area (Å²) in [6.07, 6.45) is 0. The molecule has 0 aliphatic rings. The SMILES string of the molecule is Cc1csc(C(=O)C(C)N(Cc2ccccc2)Cc2ccccc2)c1. The van der Waals surface area contributed by atoms with E-state index in [1.54, 1.807) is 0 Å². The van der Waals surface area contributed by atoms with Gasteiger partial charge in [0.25, 0.3) is 0 Å². The van der Waals surface area contributed by atoms with Gasteiger partial charge in [-0.15, -0.1) is 11.3 Å². The highest BCUT2D eigenvalue weighted by Gasteiger charge is 2.24. The lowest BCUT2D eigenvalue weighted by molar-refractivity contribution is 0.0820. The molecule has 128 valence electrons. The van der Waals surface area contributed by atoms with Gasteiger partial charge >= 0.3 is 0 Å². The Labute approximate surface area is 153 Å². The summed E-state index contributed by atoms with van der Waals surface area (Å²) in [4.78, 5) is 16.0. The maximum atomic E-state index is 12.9. The molecule has 2 aromatic carbocycles. The summed E-state index contributed by atoms with van der Waals surface area (Å²) in [6, 6.07) is 22.5. The van der Waals surface area contributed by atoms with Crippen LogP contribution in [0.25, 0.3) is 0 Å². The number of hydrogen-bond donors (Lipinski definition) is 0. The van der Waals surface area contributed by atoms with Crippen molar-refractivity contribution < 1.29 is 4.79 Å². The lowest BCUT2D eigenvalue weighted by atomic mass is 10.1. The largest absolute Gasteiger partial charge is 0.291 e. The van der Waals surface area contributed by atoms with Crippen LogP contribution < -0.4 is 0 Å². The Hall–Kier alpha value is -2.23. The molecule has 1 atom stereocenters. The van der Waals surface area contributed by atoms with E-state index in [0.29, 0.717) is 0 Å². The minimum absolute atomic E-state index is 0.168. The Morgan fingerprint density at radius 1 is 0.960 bits per heavy atom. The molecule has 0 saturated heterocycles. The van der Waals surface area contributed by atoms with Crippen molar-refractivity contribution in [3.05, 3.63) is 93.7 Å². The summed E-state index contributed by atoms with van der Waals surface area (Å²) in [5.41, 5.74) is 3.60. The lowest BCUT2D eigenvalue weighted by Gasteiger charge is -2.28. The Morgan fingerprint density at radius 2 is 1.48 bits per heavy atom. The van der Waals surface area contributed by atoms with E-state index in [4.69, 9.17) is 0 Å². The van der Waals surface area contributed by atoms with E-state index in [2.05, 4.69) is 29.2 Å². The first-order chi connectivity index (χ1) is 12.1. The number of thiophene rings is 1. The molecule has 2 nitrogen and oxygen atoms in total. The van der Waals surface area contributed by atoms with Gasteiger partial charge in [0.2, 0.25) is 0 Å². The van der Waals surface area contributed by atoms with E-state index in [1.165, 1.54) is 22.5 Å². The van der Waals surface area contributed by atoms with Crippen LogP contribution in [0.5, 0.6) is 0 Å². The van der Waals surface area contributed by atoms with Crippen LogP contribution in [0, 0.1) is 6.92 Å². The molecule has 0 fully saturated rings. The summed E-state index contributed by atoms with van der Waals surface area (Å²) >= 11 is 1.54. The van der Waals surface area contributed by atoms with Crippen molar-refractivity contribution in [3.8, 4) is 0 Å². The highest BCUT2D eigenvalue weighted by Crippen LogP contribution is 2.20. The number of nitrogens with zero attached hydrogens (tertiary/aromatic N) is 1. The standard InChI is InChI=1S/C22H23NOS/c1-17-13-21(25-16-17)22(24)18(2)23(14-19-9-5-3-6-10-19)15-20-11-7-4-8-12-20/h3-13,16,18H,14-15H2,1-2H3. The zero-order valence-corrected chi connectivity index (χ0v) is 15.5. The highest BCUT2D eigenvalue weighted by atomic mass is 32.1. The van der Waals surface area contributed by atoms with Gasteiger partial charge in [0.05, 0.1) is 10.9 Å². The summed E-state index contributed by atoms with van der Waals surface area (Å²) in [5, 5.41) is 2.04. The fraction of sp³-hybridized carbons (Fsp3) is 0.227. The van der Waals surface area contributed by atoms with Crippen LogP contribution >= 0.6 is 11.3 Å². The predicted octanol–water partition coefficient (Wildman–Crippen LogP) is 5.33. The molecule has 1 unspecified atom stereocenters. The Bertz CT molecular complexity index is 769. The molecule has 0 aliphatic carbocycles. The van der Waals surface area contributed by atoms with Crippen molar-refractivity contribution in [1.29, 1.82) is 0 Å². The van der Waals surface area contributed by atoms with Gasteiger partial charge in [0.1, 0.15) is 0 Å². The average Bonchev–Trinajstić information content (AvgIpc) is 3.08. The molecule has 3 aromatic rings. The van der Waals surface area contributed by atoms with Gasteiger partial charge in [-0.05, 0) is 42.0 Å². The average molecular weight is 349 g/mol. The fourth-order valence-corrected chi connectivity index (χ4v) is 3.82. The fourth-order valence-electron chi connectivity index (χ4n) is 2.90. The number of carbonyl (C=O) groups excluding carboxylic acids is 1. The lowest BCUT2D eigenvalue weighted by Crippen LogP contribution is -2.37. The van der Waals surface area contributed by atoms with Gasteiger partial charge in [-0.3, -0.25) is 9.69 Å². The summed E-state index contributed by atoms with van der Waals surface area (Å²) < 4.78 is 0. The van der Waals surface area contributed by atoms with Crippen LogP contribution in [-0.4, -0.2) is 16.7 Å². The second kappa shape index (κ2) is 8.24. The van der Waals surface area contributed by atoms with Crippen LogP contribution in [0.4, 0.5) is 0 Å². The van der Waals surface area contributed by atoms with Crippen molar-refractivity contribution in [3.63, 3.8) is 0 Å². The summed E-state index contributed by atoms with van der Waals surface area (Å²) in [7, 11) is 0.